The zero-order chi connectivity index (χ0) is 13.2. The van der Waals surface area contributed by atoms with Gasteiger partial charge in [-0.1, -0.05) is 18.9 Å². The highest BCUT2D eigenvalue weighted by Crippen LogP contribution is 2.30. The van der Waals surface area contributed by atoms with Crippen LogP contribution in [0.4, 0.5) is 5.69 Å². The smallest absolute Gasteiger partial charge is 0.138 e. The van der Waals surface area contributed by atoms with Crippen LogP contribution in [0.3, 0.4) is 0 Å². The molecule has 2 rings (SSSR count). The highest BCUT2D eigenvalue weighted by Gasteiger charge is 2.32. The van der Waals surface area contributed by atoms with E-state index in [2.05, 4.69) is 4.90 Å². The zero-order valence-corrected chi connectivity index (χ0v) is 10.9. The summed E-state index contributed by atoms with van der Waals surface area (Å²) < 4.78 is 0. The predicted octanol–water partition coefficient (Wildman–Crippen LogP) is 1.71. The van der Waals surface area contributed by atoms with Gasteiger partial charge in [0.25, 0.3) is 0 Å². The summed E-state index contributed by atoms with van der Waals surface area (Å²) in [6.45, 7) is 1.42. The molecule has 1 saturated carbocycles. The normalized spacial score (nSPS) is 18.4. The van der Waals surface area contributed by atoms with E-state index < -0.39 is 5.60 Å². The largest absolute Gasteiger partial charge is 0.506 e. The number of aliphatic hydroxyl groups is 1. The maximum Gasteiger partial charge on any atom is 0.138 e. The molecule has 18 heavy (non-hydrogen) atoms. The van der Waals surface area contributed by atoms with Crippen molar-refractivity contribution in [2.75, 3.05) is 19.3 Å². The molecule has 1 aromatic carbocycles. The average molecular weight is 250 g/mol. The number of hydrogen-bond acceptors (Lipinski definition) is 4. The maximum absolute atomic E-state index is 10.3. The lowest BCUT2D eigenvalue weighted by atomic mass is 10.0. The summed E-state index contributed by atoms with van der Waals surface area (Å²) in [5, 5.41) is 19.7. The molecule has 0 radical (unpaired) electrons. The molecule has 1 fully saturated rings. The molecule has 0 spiro atoms. The standard InChI is InChI=1S/C14H22N2O2/c1-16(10-14(18)6-2-3-7-14)9-11-4-5-13(17)12(15)8-11/h4-5,8,17-18H,2-3,6-7,9-10,15H2,1H3. The fourth-order valence-electron chi connectivity index (χ4n) is 2.76. The van der Waals surface area contributed by atoms with E-state index >= 15 is 0 Å². The lowest BCUT2D eigenvalue weighted by Gasteiger charge is -2.28. The number of nitrogens with zero attached hydrogens (tertiary/aromatic N) is 1. The monoisotopic (exact) mass is 250 g/mol. The topological polar surface area (TPSA) is 69.7 Å². The van der Waals surface area contributed by atoms with Crippen molar-refractivity contribution in [1.29, 1.82) is 0 Å². The van der Waals surface area contributed by atoms with Crippen LogP contribution in [0, 0.1) is 0 Å². The Hall–Kier alpha value is -1.26. The van der Waals surface area contributed by atoms with Gasteiger partial charge in [0.15, 0.2) is 0 Å². The molecule has 0 aromatic heterocycles. The Morgan fingerprint density at radius 1 is 1.33 bits per heavy atom. The molecule has 0 unspecified atom stereocenters. The first-order valence-electron chi connectivity index (χ1n) is 6.47. The lowest BCUT2D eigenvalue weighted by molar-refractivity contribution is 0.0145. The molecule has 0 heterocycles. The van der Waals surface area contributed by atoms with E-state index in [0.29, 0.717) is 12.2 Å². The van der Waals surface area contributed by atoms with Crippen LogP contribution in [0.2, 0.25) is 0 Å². The summed E-state index contributed by atoms with van der Waals surface area (Å²) in [7, 11) is 2.00. The number of phenols is 1. The Kier molecular flexibility index (Phi) is 3.78. The Labute approximate surface area is 108 Å². The fourth-order valence-corrected chi connectivity index (χ4v) is 2.76. The Morgan fingerprint density at radius 2 is 2.00 bits per heavy atom. The van der Waals surface area contributed by atoms with Gasteiger partial charge in [-0.05, 0) is 37.6 Å². The highest BCUT2D eigenvalue weighted by molar-refractivity contribution is 5.53. The lowest BCUT2D eigenvalue weighted by Crippen LogP contribution is -2.38. The minimum atomic E-state index is -0.517. The van der Waals surface area contributed by atoms with Crippen LogP contribution in [0.15, 0.2) is 18.2 Å². The van der Waals surface area contributed by atoms with Gasteiger partial charge in [-0.25, -0.2) is 0 Å². The fraction of sp³-hybridized carbons (Fsp3) is 0.571. The summed E-state index contributed by atoms with van der Waals surface area (Å²) in [4.78, 5) is 2.11. The van der Waals surface area contributed by atoms with E-state index in [-0.39, 0.29) is 5.75 Å². The SMILES string of the molecule is CN(Cc1ccc(O)c(N)c1)CC1(O)CCCC1. The van der Waals surface area contributed by atoms with Crippen LogP contribution >= 0.6 is 0 Å². The van der Waals surface area contributed by atoms with Crippen molar-refractivity contribution in [1.82, 2.24) is 4.90 Å². The number of benzene rings is 1. The summed E-state index contributed by atoms with van der Waals surface area (Å²) in [6.07, 6.45) is 4.04. The molecule has 1 aliphatic rings. The molecule has 1 aromatic rings. The second kappa shape index (κ2) is 5.16. The molecule has 4 nitrogen and oxygen atoms in total. The van der Waals surface area contributed by atoms with E-state index in [9.17, 15) is 10.2 Å². The van der Waals surface area contributed by atoms with E-state index in [1.54, 1.807) is 12.1 Å². The van der Waals surface area contributed by atoms with Crippen molar-refractivity contribution in [3.05, 3.63) is 23.8 Å². The van der Waals surface area contributed by atoms with E-state index in [4.69, 9.17) is 5.73 Å². The number of nitrogen functional groups attached to an aromatic ring is 1. The second-order valence-corrected chi connectivity index (χ2v) is 5.50. The first-order valence-corrected chi connectivity index (χ1v) is 6.47. The predicted molar refractivity (Wildman–Crippen MR) is 72.3 cm³/mol. The van der Waals surface area contributed by atoms with Gasteiger partial charge in [-0.15, -0.1) is 0 Å². The summed E-state index contributed by atoms with van der Waals surface area (Å²) in [5.41, 5.74) is 6.60. The molecular weight excluding hydrogens is 228 g/mol. The number of aromatic hydroxyl groups is 1. The van der Waals surface area contributed by atoms with E-state index in [0.717, 1.165) is 37.8 Å². The van der Waals surface area contributed by atoms with Crippen LogP contribution in [0.1, 0.15) is 31.2 Å². The van der Waals surface area contributed by atoms with E-state index in [1.165, 1.54) is 0 Å². The number of rotatable bonds is 4. The third-order valence-corrected chi connectivity index (χ3v) is 3.64. The number of phenolic OH excluding ortho intramolecular Hbond substituents is 1. The summed E-state index contributed by atoms with van der Waals surface area (Å²) in [5.74, 6) is 0.121. The molecule has 1 aliphatic carbocycles. The number of anilines is 1. The summed E-state index contributed by atoms with van der Waals surface area (Å²) >= 11 is 0. The van der Waals surface area contributed by atoms with Crippen LogP contribution in [0.5, 0.6) is 5.75 Å². The average Bonchev–Trinajstić information content (AvgIpc) is 2.70. The Balaban J connectivity index is 1.94. The highest BCUT2D eigenvalue weighted by atomic mass is 16.3. The number of likely N-dealkylation sites (N-methyl/N-ethyl adjacent to an activating group) is 1. The molecule has 0 atom stereocenters. The first-order chi connectivity index (χ1) is 8.48. The van der Waals surface area contributed by atoms with Crippen LogP contribution in [-0.4, -0.2) is 34.3 Å². The summed E-state index contributed by atoms with van der Waals surface area (Å²) in [6, 6.07) is 5.26. The number of nitrogens with two attached hydrogens (primary N) is 1. The number of hydrogen-bond donors (Lipinski definition) is 3. The Morgan fingerprint density at radius 3 is 2.61 bits per heavy atom. The van der Waals surface area contributed by atoms with Crippen molar-refractivity contribution in [3.8, 4) is 5.75 Å². The van der Waals surface area contributed by atoms with Crippen LogP contribution in [0.25, 0.3) is 0 Å². The maximum atomic E-state index is 10.3. The minimum absolute atomic E-state index is 0.121. The molecule has 0 bridgehead atoms. The van der Waals surface area contributed by atoms with Crippen molar-refractivity contribution >= 4 is 5.69 Å². The van der Waals surface area contributed by atoms with Gasteiger partial charge >= 0.3 is 0 Å². The zero-order valence-electron chi connectivity index (χ0n) is 10.9. The van der Waals surface area contributed by atoms with Gasteiger partial charge < -0.3 is 15.9 Å². The van der Waals surface area contributed by atoms with Crippen molar-refractivity contribution in [3.63, 3.8) is 0 Å². The molecule has 4 heteroatoms. The van der Waals surface area contributed by atoms with Crippen molar-refractivity contribution < 1.29 is 10.2 Å². The minimum Gasteiger partial charge on any atom is -0.506 e. The van der Waals surface area contributed by atoms with Gasteiger partial charge in [0.2, 0.25) is 0 Å². The molecule has 0 amide bonds. The van der Waals surface area contributed by atoms with Gasteiger partial charge in [0.1, 0.15) is 5.75 Å². The molecular formula is C14H22N2O2. The molecule has 0 aliphatic heterocycles. The van der Waals surface area contributed by atoms with Gasteiger partial charge in [-0.3, -0.25) is 4.90 Å². The van der Waals surface area contributed by atoms with Crippen LogP contribution in [-0.2, 0) is 6.54 Å². The van der Waals surface area contributed by atoms with E-state index in [1.807, 2.05) is 13.1 Å². The Bertz CT molecular complexity index is 414. The molecule has 100 valence electrons. The molecule has 0 saturated heterocycles. The van der Waals surface area contributed by atoms with Gasteiger partial charge in [0.05, 0.1) is 11.3 Å². The third-order valence-electron chi connectivity index (χ3n) is 3.64. The molecule has 4 N–H and O–H groups in total. The van der Waals surface area contributed by atoms with Gasteiger partial charge in [0, 0.05) is 13.1 Å². The van der Waals surface area contributed by atoms with Crippen molar-refractivity contribution in [2.24, 2.45) is 0 Å². The third kappa shape index (κ3) is 3.15. The first kappa shape index (κ1) is 13.2. The van der Waals surface area contributed by atoms with Crippen LogP contribution < -0.4 is 5.73 Å². The quantitative estimate of drug-likeness (QED) is 0.562. The second-order valence-electron chi connectivity index (χ2n) is 5.50. The van der Waals surface area contributed by atoms with Crippen molar-refractivity contribution in [2.45, 2.75) is 37.8 Å². The van der Waals surface area contributed by atoms with Gasteiger partial charge in [-0.2, -0.15) is 0 Å².